The summed E-state index contributed by atoms with van der Waals surface area (Å²) in [5.74, 6) is 1.95. The van der Waals surface area contributed by atoms with Crippen molar-refractivity contribution < 1.29 is 0 Å². The maximum Gasteiger partial charge on any atom is 0.164 e. The van der Waals surface area contributed by atoms with Crippen LogP contribution in [-0.4, -0.2) is 24.5 Å². The highest BCUT2D eigenvalue weighted by Crippen LogP contribution is 2.34. The number of hydrogen-bond acceptors (Lipinski definition) is 4. The van der Waals surface area contributed by atoms with Gasteiger partial charge in [0.15, 0.2) is 17.5 Å². The molecule has 0 fully saturated rings. The smallest absolute Gasteiger partial charge is 0.164 e. The molecule has 10 rings (SSSR count). The van der Waals surface area contributed by atoms with Crippen LogP contribution in [-0.2, 0) is 0 Å². The monoisotopic (exact) mass is 703 g/mol. The lowest BCUT2D eigenvalue weighted by atomic mass is 9.94. The third-order valence-corrected chi connectivity index (χ3v) is 10.2. The Morgan fingerprint density at radius 1 is 0.345 bits per heavy atom. The maximum atomic E-state index is 4.91. The summed E-state index contributed by atoms with van der Waals surface area (Å²) in [6, 6.07) is 67.6. The van der Waals surface area contributed by atoms with Crippen LogP contribution < -0.4 is 0 Å². The van der Waals surface area contributed by atoms with Gasteiger partial charge in [0.1, 0.15) is 6.33 Å². The highest BCUT2D eigenvalue weighted by Gasteiger charge is 2.14. The van der Waals surface area contributed by atoms with Gasteiger partial charge in [0.2, 0.25) is 0 Å². The minimum Gasteiger partial charge on any atom is -0.299 e. The summed E-state index contributed by atoms with van der Waals surface area (Å²) in [5, 5.41) is 2.40. The second-order valence-electron chi connectivity index (χ2n) is 13.6. The molecular formula is C50H33N5. The van der Waals surface area contributed by atoms with E-state index in [1.807, 2.05) is 85.2 Å². The molecule has 0 saturated carbocycles. The normalized spacial score (nSPS) is 11.3. The number of nitrogens with zero attached hydrogens (tertiary/aromatic N) is 5. The van der Waals surface area contributed by atoms with E-state index in [0.717, 1.165) is 50.1 Å². The van der Waals surface area contributed by atoms with E-state index in [2.05, 4.69) is 120 Å². The molecule has 0 bridgehead atoms. The highest BCUT2D eigenvalue weighted by atomic mass is 15.0. The van der Waals surface area contributed by atoms with Crippen molar-refractivity contribution in [2.75, 3.05) is 0 Å². The standard InChI is InChI=1S/C50H33N5/c1-4-11-37(12-5-1)48-52-49(38-13-6-2-7-14-38)54-50(53-48)39-25-23-36(24-26-39)44-18-10-15-42-31-40(27-29-45(42)44)34-19-21-35(22-20-34)41-28-30-47-46(32-41)51-33-55(47)43-16-8-3-9-17-43/h1-33H. The third-order valence-electron chi connectivity index (χ3n) is 10.2. The fourth-order valence-corrected chi connectivity index (χ4v) is 7.29. The number of hydrogen-bond donors (Lipinski definition) is 0. The second-order valence-corrected chi connectivity index (χ2v) is 13.6. The third kappa shape index (κ3) is 6.24. The number of benzene rings is 8. The van der Waals surface area contributed by atoms with E-state index < -0.39 is 0 Å². The van der Waals surface area contributed by atoms with E-state index in [0.29, 0.717) is 17.5 Å². The molecule has 0 aliphatic heterocycles. The quantitative estimate of drug-likeness (QED) is 0.166. The molecule has 5 nitrogen and oxygen atoms in total. The summed E-state index contributed by atoms with van der Waals surface area (Å²) in [6.07, 6.45) is 1.90. The van der Waals surface area contributed by atoms with Crippen LogP contribution in [0.15, 0.2) is 200 Å². The van der Waals surface area contributed by atoms with Crippen molar-refractivity contribution in [3.63, 3.8) is 0 Å². The Bertz CT molecular complexity index is 2880. The van der Waals surface area contributed by atoms with Gasteiger partial charge in [-0.05, 0) is 74.5 Å². The predicted octanol–water partition coefficient (Wildman–Crippen LogP) is 12.4. The molecule has 5 heteroatoms. The van der Waals surface area contributed by atoms with E-state index in [9.17, 15) is 0 Å². The van der Waals surface area contributed by atoms with Gasteiger partial charge in [-0.1, -0.05) is 164 Å². The lowest BCUT2D eigenvalue weighted by molar-refractivity contribution is 1.07. The lowest BCUT2D eigenvalue weighted by Crippen LogP contribution is -2.00. The number of rotatable bonds is 7. The topological polar surface area (TPSA) is 56.5 Å². The second kappa shape index (κ2) is 13.8. The van der Waals surface area contributed by atoms with Crippen molar-refractivity contribution in [1.29, 1.82) is 0 Å². The van der Waals surface area contributed by atoms with Crippen LogP contribution in [0.4, 0.5) is 0 Å². The van der Waals surface area contributed by atoms with Crippen molar-refractivity contribution in [1.82, 2.24) is 24.5 Å². The van der Waals surface area contributed by atoms with Crippen molar-refractivity contribution in [3.05, 3.63) is 200 Å². The Balaban J connectivity index is 0.924. The molecule has 55 heavy (non-hydrogen) atoms. The van der Waals surface area contributed by atoms with Gasteiger partial charge in [0.25, 0.3) is 0 Å². The Labute approximate surface area is 318 Å². The first kappa shape index (κ1) is 32.2. The summed E-state index contributed by atoms with van der Waals surface area (Å²) < 4.78 is 2.13. The predicted molar refractivity (Wildman–Crippen MR) is 225 cm³/mol. The molecule has 8 aromatic carbocycles. The minimum absolute atomic E-state index is 0.646. The number of para-hydroxylation sites is 1. The van der Waals surface area contributed by atoms with Gasteiger partial charge in [0, 0.05) is 22.4 Å². The van der Waals surface area contributed by atoms with Gasteiger partial charge in [-0.15, -0.1) is 0 Å². The van der Waals surface area contributed by atoms with Crippen LogP contribution in [0.25, 0.3) is 95.0 Å². The molecule has 0 spiro atoms. The molecule has 0 amide bonds. The molecule has 0 radical (unpaired) electrons. The Morgan fingerprint density at radius 3 is 1.45 bits per heavy atom. The Morgan fingerprint density at radius 2 is 0.836 bits per heavy atom. The van der Waals surface area contributed by atoms with E-state index in [4.69, 9.17) is 19.9 Å². The molecule has 0 saturated heterocycles. The first-order chi connectivity index (χ1) is 27.2. The van der Waals surface area contributed by atoms with Crippen LogP contribution in [0.5, 0.6) is 0 Å². The van der Waals surface area contributed by atoms with Gasteiger partial charge in [-0.25, -0.2) is 19.9 Å². The molecule has 2 heterocycles. The zero-order valence-electron chi connectivity index (χ0n) is 29.8. The Hall–Kier alpha value is -7.50. The molecule has 0 unspecified atom stereocenters. The van der Waals surface area contributed by atoms with E-state index in [1.165, 1.54) is 27.5 Å². The summed E-state index contributed by atoms with van der Waals surface area (Å²) in [7, 11) is 0. The van der Waals surface area contributed by atoms with Crippen molar-refractivity contribution in [3.8, 4) is 73.2 Å². The van der Waals surface area contributed by atoms with Crippen molar-refractivity contribution >= 4 is 21.8 Å². The minimum atomic E-state index is 0.646. The van der Waals surface area contributed by atoms with Gasteiger partial charge < -0.3 is 0 Å². The van der Waals surface area contributed by atoms with Crippen molar-refractivity contribution in [2.24, 2.45) is 0 Å². The first-order valence-electron chi connectivity index (χ1n) is 18.4. The molecule has 0 aliphatic rings. The molecule has 0 atom stereocenters. The maximum absolute atomic E-state index is 4.91. The fraction of sp³-hybridized carbons (Fsp3) is 0. The average Bonchev–Trinajstić information content (AvgIpc) is 3.70. The highest BCUT2D eigenvalue weighted by molar-refractivity contribution is 5.99. The van der Waals surface area contributed by atoms with E-state index in [-0.39, 0.29) is 0 Å². The summed E-state index contributed by atoms with van der Waals surface area (Å²) in [4.78, 5) is 19.4. The summed E-state index contributed by atoms with van der Waals surface area (Å²) >= 11 is 0. The van der Waals surface area contributed by atoms with Crippen LogP contribution >= 0.6 is 0 Å². The van der Waals surface area contributed by atoms with Crippen LogP contribution in [0, 0.1) is 0 Å². The van der Waals surface area contributed by atoms with Gasteiger partial charge in [-0.3, -0.25) is 4.57 Å². The van der Waals surface area contributed by atoms with Crippen LogP contribution in [0.3, 0.4) is 0 Å². The van der Waals surface area contributed by atoms with Crippen LogP contribution in [0.1, 0.15) is 0 Å². The number of fused-ring (bicyclic) bond motifs is 2. The Kier molecular flexibility index (Phi) is 8.08. The van der Waals surface area contributed by atoms with E-state index in [1.54, 1.807) is 0 Å². The summed E-state index contributed by atoms with van der Waals surface area (Å²) in [6.45, 7) is 0. The molecule has 258 valence electrons. The zero-order valence-corrected chi connectivity index (χ0v) is 29.8. The average molecular weight is 704 g/mol. The van der Waals surface area contributed by atoms with Gasteiger partial charge >= 0.3 is 0 Å². The van der Waals surface area contributed by atoms with Gasteiger partial charge in [0.05, 0.1) is 11.0 Å². The molecular weight excluding hydrogens is 671 g/mol. The largest absolute Gasteiger partial charge is 0.299 e. The number of aromatic nitrogens is 5. The molecule has 2 aromatic heterocycles. The van der Waals surface area contributed by atoms with E-state index >= 15 is 0 Å². The fourth-order valence-electron chi connectivity index (χ4n) is 7.29. The van der Waals surface area contributed by atoms with Crippen LogP contribution in [0.2, 0.25) is 0 Å². The first-order valence-corrected chi connectivity index (χ1v) is 18.4. The van der Waals surface area contributed by atoms with Crippen molar-refractivity contribution in [2.45, 2.75) is 0 Å². The SMILES string of the molecule is c1ccc(-c2nc(-c3ccccc3)nc(-c3ccc(-c4cccc5cc(-c6ccc(-c7ccc8c(c7)ncn8-c7ccccc7)cc6)ccc45)cc3)n2)cc1. The molecule has 0 aliphatic carbocycles. The molecule has 0 N–H and O–H groups in total. The lowest BCUT2D eigenvalue weighted by Gasteiger charge is -2.11. The van der Waals surface area contributed by atoms with Gasteiger partial charge in [-0.2, -0.15) is 0 Å². The zero-order chi connectivity index (χ0) is 36.6. The number of imidazole rings is 1. The molecule has 10 aromatic rings. The summed E-state index contributed by atoms with van der Waals surface area (Å²) in [5.41, 5.74) is 13.0.